The van der Waals surface area contributed by atoms with E-state index in [2.05, 4.69) is 19.2 Å². The van der Waals surface area contributed by atoms with Crippen LogP contribution in [0.25, 0.3) is 0 Å². The zero-order chi connectivity index (χ0) is 14.8. The van der Waals surface area contributed by atoms with Gasteiger partial charge in [-0.2, -0.15) is 0 Å². The topological polar surface area (TPSA) is 49.3 Å². The molecule has 1 rings (SSSR count). The molecule has 0 aliphatic rings. The van der Waals surface area contributed by atoms with E-state index in [0.29, 0.717) is 12.8 Å². The van der Waals surface area contributed by atoms with Gasteiger partial charge in [-0.1, -0.05) is 50.8 Å². The predicted molar refractivity (Wildman–Crippen MR) is 82.8 cm³/mol. The number of carbonyl (C=O) groups is 1. The van der Waals surface area contributed by atoms with Crippen LogP contribution in [0.2, 0.25) is 0 Å². The van der Waals surface area contributed by atoms with Crippen LogP contribution < -0.4 is 5.32 Å². The van der Waals surface area contributed by atoms with Crippen molar-refractivity contribution in [3.05, 3.63) is 29.8 Å². The molecule has 0 spiro atoms. The van der Waals surface area contributed by atoms with Crippen molar-refractivity contribution in [2.75, 3.05) is 0 Å². The van der Waals surface area contributed by atoms with E-state index in [1.165, 1.54) is 25.7 Å². The molecule has 112 valence electrons. The van der Waals surface area contributed by atoms with Gasteiger partial charge in [-0.3, -0.25) is 4.79 Å². The lowest BCUT2D eigenvalue weighted by Crippen LogP contribution is -2.32. The molecule has 1 aromatic rings. The van der Waals surface area contributed by atoms with Gasteiger partial charge in [0.25, 0.3) is 0 Å². The molecule has 20 heavy (non-hydrogen) atoms. The number of benzene rings is 1. The molecule has 1 unspecified atom stereocenters. The van der Waals surface area contributed by atoms with Crippen LogP contribution in [-0.2, 0) is 11.2 Å². The van der Waals surface area contributed by atoms with Crippen LogP contribution in [0.4, 0.5) is 0 Å². The summed E-state index contributed by atoms with van der Waals surface area (Å²) >= 11 is 0. The van der Waals surface area contributed by atoms with Gasteiger partial charge in [0.15, 0.2) is 0 Å². The van der Waals surface area contributed by atoms with E-state index in [9.17, 15) is 9.90 Å². The van der Waals surface area contributed by atoms with Gasteiger partial charge < -0.3 is 10.4 Å². The number of aromatic hydroxyl groups is 1. The van der Waals surface area contributed by atoms with Gasteiger partial charge >= 0.3 is 0 Å². The summed E-state index contributed by atoms with van der Waals surface area (Å²) < 4.78 is 0. The molecule has 0 aromatic heterocycles. The fourth-order valence-electron chi connectivity index (χ4n) is 2.27. The molecule has 3 heteroatoms. The van der Waals surface area contributed by atoms with Crippen LogP contribution in [0.3, 0.4) is 0 Å². The quantitative estimate of drug-likeness (QED) is 0.674. The Hall–Kier alpha value is -1.51. The lowest BCUT2D eigenvalue weighted by Gasteiger charge is -2.14. The number of rotatable bonds is 9. The Morgan fingerprint density at radius 2 is 2.00 bits per heavy atom. The Morgan fingerprint density at radius 1 is 1.25 bits per heavy atom. The van der Waals surface area contributed by atoms with Gasteiger partial charge in [-0.05, 0) is 31.4 Å². The predicted octanol–water partition coefficient (Wildman–Crippen LogP) is 3.80. The summed E-state index contributed by atoms with van der Waals surface area (Å²) in [6.45, 7) is 4.26. The zero-order valence-electron chi connectivity index (χ0n) is 12.7. The average molecular weight is 277 g/mol. The molecule has 0 radical (unpaired) electrons. The van der Waals surface area contributed by atoms with Crippen LogP contribution in [-0.4, -0.2) is 17.1 Å². The van der Waals surface area contributed by atoms with Crippen molar-refractivity contribution >= 4 is 5.91 Å². The first kappa shape index (κ1) is 16.5. The van der Waals surface area contributed by atoms with Crippen molar-refractivity contribution in [2.24, 2.45) is 0 Å². The van der Waals surface area contributed by atoms with Crippen molar-refractivity contribution < 1.29 is 9.90 Å². The van der Waals surface area contributed by atoms with Crippen LogP contribution >= 0.6 is 0 Å². The summed E-state index contributed by atoms with van der Waals surface area (Å²) in [4.78, 5) is 11.8. The standard InChI is InChI=1S/C17H27NO2/c1-3-4-5-6-9-14(2)18-17(20)13-12-15-10-7-8-11-16(15)19/h7-8,10-11,14,19H,3-6,9,12-13H2,1-2H3,(H,18,20). The molecule has 1 aromatic carbocycles. The Kier molecular flexibility index (Phi) is 7.78. The molecule has 0 fully saturated rings. The second-order valence-corrected chi connectivity index (χ2v) is 5.45. The molecule has 0 aliphatic heterocycles. The first-order chi connectivity index (χ1) is 9.63. The number of unbranched alkanes of at least 4 members (excludes halogenated alkanes) is 3. The Labute approximate surface area is 122 Å². The molecule has 1 atom stereocenters. The van der Waals surface area contributed by atoms with Crippen LogP contribution in [0.15, 0.2) is 24.3 Å². The summed E-state index contributed by atoms with van der Waals surface area (Å²) in [5.41, 5.74) is 0.832. The Bertz CT molecular complexity index is 404. The normalized spacial score (nSPS) is 12.1. The number of phenols is 1. The third-order valence-corrected chi connectivity index (χ3v) is 3.51. The SMILES string of the molecule is CCCCCCC(C)NC(=O)CCc1ccccc1O. The first-order valence-corrected chi connectivity index (χ1v) is 7.69. The number of nitrogens with one attached hydrogen (secondary N) is 1. The molecule has 2 N–H and O–H groups in total. The highest BCUT2D eigenvalue weighted by atomic mass is 16.3. The summed E-state index contributed by atoms with van der Waals surface area (Å²) in [6.07, 6.45) is 6.98. The second-order valence-electron chi connectivity index (χ2n) is 5.45. The van der Waals surface area contributed by atoms with Crippen LogP contribution in [0.5, 0.6) is 5.75 Å². The van der Waals surface area contributed by atoms with E-state index in [4.69, 9.17) is 0 Å². The molecule has 0 aliphatic carbocycles. The largest absolute Gasteiger partial charge is 0.508 e. The molecular weight excluding hydrogens is 250 g/mol. The molecule has 0 saturated carbocycles. The minimum atomic E-state index is 0.0660. The lowest BCUT2D eigenvalue weighted by atomic mass is 10.1. The Balaban J connectivity index is 2.21. The van der Waals surface area contributed by atoms with Crippen molar-refractivity contribution in [2.45, 2.75) is 64.8 Å². The van der Waals surface area contributed by atoms with E-state index in [1.807, 2.05) is 12.1 Å². The molecule has 1 amide bonds. The van der Waals surface area contributed by atoms with Crippen LogP contribution in [0, 0.1) is 0 Å². The fourth-order valence-corrected chi connectivity index (χ4v) is 2.27. The Morgan fingerprint density at radius 3 is 2.70 bits per heavy atom. The minimum Gasteiger partial charge on any atom is -0.508 e. The third-order valence-electron chi connectivity index (χ3n) is 3.51. The smallest absolute Gasteiger partial charge is 0.220 e. The van der Waals surface area contributed by atoms with Gasteiger partial charge in [0.2, 0.25) is 5.91 Å². The van der Waals surface area contributed by atoms with E-state index < -0.39 is 0 Å². The summed E-state index contributed by atoms with van der Waals surface area (Å²) in [5.74, 6) is 0.337. The number of hydrogen-bond acceptors (Lipinski definition) is 2. The maximum absolute atomic E-state index is 11.8. The van der Waals surface area contributed by atoms with Crippen molar-refractivity contribution in [3.63, 3.8) is 0 Å². The highest BCUT2D eigenvalue weighted by molar-refractivity contribution is 5.76. The van der Waals surface area contributed by atoms with Gasteiger partial charge in [-0.15, -0.1) is 0 Å². The molecule has 3 nitrogen and oxygen atoms in total. The van der Waals surface area contributed by atoms with Gasteiger partial charge in [0.05, 0.1) is 0 Å². The van der Waals surface area contributed by atoms with Crippen molar-refractivity contribution in [3.8, 4) is 5.75 Å². The van der Waals surface area contributed by atoms with E-state index >= 15 is 0 Å². The zero-order valence-corrected chi connectivity index (χ0v) is 12.7. The number of hydrogen-bond donors (Lipinski definition) is 2. The van der Waals surface area contributed by atoms with Crippen LogP contribution in [0.1, 0.15) is 57.9 Å². The van der Waals surface area contributed by atoms with E-state index in [-0.39, 0.29) is 17.7 Å². The van der Waals surface area contributed by atoms with Crippen molar-refractivity contribution in [1.82, 2.24) is 5.32 Å². The van der Waals surface area contributed by atoms with E-state index in [0.717, 1.165) is 12.0 Å². The monoisotopic (exact) mass is 277 g/mol. The number of phenolic OH excluding ortho intramolecular Hbond substituents is 1. The fraction of sp³-hybridized carbons (Fsp3) is 0.588. The lowest BCUT2D eigenvalue weighted by molar-refractivity contribution is -0.121. The number of para-hydroxylation sites is 1. The number of carbonyl (C=O) groups excluding carboxylic acids is 1. The molecule has 0 bridgehead atoms. The highest BCUT2D eigenvalue weighted by Gasteiger charge is 2.08. The first-order valence-electron chi connectivity index (χ1n) is 7.69. The maximum Gasteiger partial charge on any atom is 0.220 e. The summed E-state index contributed by atoms with van der Waals surface area (Å²) in [5, 5.41) is 12.7. The highest BCUT2D eigenvalue weighted by Crippen LogP contribution is 2.17. The number of amides is 1. The summed E-state index contributed by atoms with van der Waals surface area (Å²) in [7, 11) is 0. The third kappa shape index (κ3) is 6.60. The second kappa shape index (κ2) is 9.40. The molecular formula is C17H27NO2. The molecule has 0 heterocycles. The summed E-state index contributed by atoms with van der Waals surface area (Å²) in [6, 6.07) is 7.42. The van der Waals surface area contributed by atoms with Crippen molar-refractivity contribution in [1.29, 1.82) is 0 Å². The van der Waals surface area contributed by atoms with E-state index in [1.54, 1.807) is 12.1 Å². The molecule has 0 saturated heterocycles. The van der Waals surface area contributed by atoms with Gasteiger partial charge in [0, 0.05) is 12.5 Å². The minimum absolute atomic E-state index is 0.0660. The maximum atomic E-state index is 11.8. The van der Waals surface area contributed by atoms with Gasteiger partial charge in [-0.25, -0.2) is 0 Å². The van der Waals surface area contributed by atoms with Gasteiger partial charge in [0.1, 0.15) is 5.75 Å². The average Bonchev–Trinajstić information content (AvgIpc) is 2.43. The number of aryl methyl sites for hydroxylation is 1.